The molecule has 0 spiro atoms. The molecular weight excluding hydrogens is 254 g/mol. The van der Waals surface area contributed by atoms with Crippen molar-refractivity contribution in [2.75, 3.05) is 6.61 Å². The summed E-state index contributed by atoms with van der Waals surface area (Å²) >= 11 is 0. The van der Waals surface area contributed by atoms with E-state index in [0.29, 0.717) is 19.3 Å². The van der Waals surface area contributed by atoms with Gasteiger partial charge in [-0.3, -0.25) is 0 Å². The Labute approximate surface area is 111 Å². The SMILES string of the molecule is CC12CC3CC(O)(C1)C(COC(=O)C(C)(F)F)(C3)C2. The van der Waals surface area contributed by atoms with E-state index in [2.05, 4.69) is 6.92 Å². The number of hydrogen-bond donors (Lipinski definition) is 1. The summed E-state index contributed by atoms with van der Waals surface area (Å²) in [7, 11) is 0. The monoisotopic (exact) mass is 274 g/mol. The van der Waals surface area contributed by atoms with Gasteiger partial charge in [-0.2, -0.15) is 8.78 Å². The Bertz CT molecular complexity index is 433. The van der Waals surface area contributed by atoms with Crippen LogP contribution in [0.4, 0.5) is 8.78 Å². The Morgan fingerprint density at radius 3 is 2.63 bits per heavy atom. The number of carbonyl (C=O) groups excluding carboxylic acids is 1. The molecule has 0 saturated heterocycles. The maximum Gasteiger partial charge on any atom is 0.376 e. The Balaban J connectivity index is 1.76. The first-order valence-corrected chi connectivity index (χ1v) is 6.85. The fourth-order valence-corrected chi connectivity index (χ4v) is 5.15. The van der Waals surface area contributed by atoms with Gasteiger partial charge in [0.25, 0.3) is 0 Å². The summed E-state index contributed by atoms with van der Waals surface area (Å²) in [5.74, 6) is -4.50. The quantitative estimate of drug-likeness (QED) is 0.804. The summed E-state index contributed by atoms with van der Waals surface area (Å²) in [4.78, 5) is 11.2. The third-order valence-corrected chi connectivity index (χ3v) is 5.40. The molecule has 4 bridgehead atoms. The molecule has 0 aliphatic heterocycles. The first kappa shape index (κ1) is 13.3. The molecule has 4 aliphatic rings. The highest BCUT2D eigenvalue weighted by Gasteiger charge is 2.70. The summed E-state index contributed by atoms with van der Waals surface area (Å²) in [6.45, 7) is 2.61. The second-order valence-electron chi connectivity index (χ2n) is 7.42. The molecule has 4 unspecified atom stereocenters. The van der Waals surface area contributed by atoms with Gasteiger partial charge in [0.05, 0.1) is 12.2 Å². The van der Waals surface area contributed by atoms with Crippen LogP contribution >= 0.6 is 0 Å². The minimum absolute atomic E-state index is 0.0716. The molecule has 4 saturated carbocycles. The molecule has 0 heterocycles. The van der Waals surface area contributed by atoms with E-state index in [9.17, 15) is 18.7 Å². The van der Waals surface area contributed by atoms with E-state index in [-0.39, 0.29) is 12.0 Å². The minimum atomic E-state index is -3.46. The van der Waals surface area contributed by atoms with Crippen LogP contribution in [0.5, 0.6) is 0 Å². The lowest BCUT2D eigenvalue weighted by molar-refractivity contribution is -0.177. The first-order chi connectivity index (χ1) is 8.58. The molecule has 0 aromatic heterocycles. The highest BCUT2D eigenvalue weighted by Crippen LogP contribution is 2.72. The predicted molar refractivity (Wildman–Crippen MR) is 63.6 cm³/mol. The number of esters is 1. The molecule has 0 radical (unpaired) electrons. The van der Waals surface area contributed by atoms with Gasteiger partial charge in [0.2, 0.25) is 0 Å². The Kier molecular flexibility index (Phi) is 2.44. The molecule has 4 rings (SSSR count). The van der Waals surface area contributed by atoms with E-state index >= 15 is 0 Å². The van der Waals surface area contributed by atoms with Crippen LogP contribution in [0, 0.1) is 16.7 Å². The number of hydrogen-bond acceptors (Lipinski definition) is 3. The average molecular weight is 274 g/mol. The Hall–Kier alpha value is -0.710. The van der Waals surface area contributed by atoms with Crippen LogP contribution in [-0.2, 0) is 9.53 Å². The molecule has 5 heteroatoms. The van der Waals surface area contributed by atoms with Crippen LogP contribution in [0.1, 0.15) is 46.0 Å². The molecule has 4 aliphatic carbocycles. The number of rotatable bonds is 3. The van der Waals surface area contributed by atoms with Gasteiger partial charge < -0.3 is 9.84 Å². The lowest BCUT2D eigenvalue weighted by atomic mass is 9.68. The number of halogens is 2. The van der Waals surface area contributed by atoms with Gasteiger partial charge in [-0.05, 0) is 43.4 Å². The van der Waals surface area contributed by atoms with Crippen molar-refractivity contribution in [1.29, 1.82) is 0 Å². The second kappa shape index (κ2) is 3.48. The van der Waals surface area contributed by atoms with Crippen molar-refractivity contribution in [3.05, 3.63) is 0 Å². The average Bonchev–Trinajstić information content (AvgIpc) is 2.49. The van der Waals surface area contributed by atoms with Gasteiger partial charge >= 0.3 is 11.9 Å². The third-order valence-electron chi connectivity index (χ3n) is 5.40. The van der Waals surface area contributed by atoms with E-state index in [1.807, 2.05) is 0 Å². The zero-order chi connectivity index (χ0) is 14.1. The number of alkyl halides is 2. The van der Waals surface area contributed by atoms with Gasteiger partial charge in [-0.25, -0.2) is 4.79 Å². The maximum atomic E-state index is 12.9. The maximum absolute atomic E-state index is 12.9. The summed E-state index contributed by atoms with van der Waals surface area (Å²) < 4.78 is 30.5. The lowest BCUT2D eigenvalue weighted by Gasteiger charge is -2.37. The summed E-state index contributed by atoms with van der Waals surface area (Å²) in [6, 6.07) is 0. The van der Waals surface area contributed by atoms with E-state index in [4.69, 9.17) is 4.74 Å². The number of ether oxygens (including phenoxy) is 1. The van der Waals surface area contributed by atoms with E-state index in [0.717, 1.165) is 25.7 Å². The second-order valence-corrected chi connectivity index (χ2v) is 7.42. The number of carbonyl (C=O) groups is 1. The molecule has 3 nitrogen and oxygen atoms in total. The van der Waals surface area contributed by atoms with Crippen LogP contribution in [-0.4, -0.2) is 29.2 Å². The van der Waals surface area contributed by atoms with Crippen molar-refractivity contribution in [3.63, 3.8) is 0 Å². The van der Waals surface area contributed by atoms with Gasteiger partial charge in [0, 0.05) is 12.3 Å². The van der Waals surface area contributed by atoms with Crippen LogP contribution in [0.25, 0.3) is 0 Å². The van der Waals surface area contributed by atoms with Crippen molar-refractivity contribution in [3.8, 4) is 0 Å². The first-order valence-electron chi connectivity index (χ1n) is 6.85. The van der Waals surface area contributed by atoms with Crippen LogP contribution < -0.4 is 0 Å². The van der Waals surface area contributed by atoms with E-state index in [1.54, 1.807) is 0 Å². The van der Waals surface area contributed by atoms with Gasteiger partial charge in [0.1, 0.15) is 0 Å². The topological polar surface area (TPSA) is 46.5 Å². The zero-order valence-corrected chi connectivity index (χ0v) is 11.3. The van der Waals surface area contributed by atoms with Crippen molar-refractivity contribution in [2.24, 2.45) is 16.7 Å². The summed E-state index contributed by atoms with van der Waals surface area (Å²) in [6.07, 6.45) is 4.09. The molecule has 4 atom stereocenters. The van der Waals surface area contributed by atoms with Crippen molar-refractivity contribution < 1.29 is 23.4 Å². The molecule has 4 fully saturated rings. The van der Waals surface area contributed by atoms with Gasteiger partial charge in [-0.15, -0.1) is 0 Å². The molecule has 108 valence electrons. The fraction of sp³-hybridized carbons (Fsp3) is 0.929. The van der Waals surface area contributed by atoms with E-state index < -0.39 is 22.9 Å². The normalized spacial score (nSPS) is 47.7. The van der Waals surface area contributed by atoms with Crippen LogP contribution in [0.3, 0.4) is 0 Å². The largest absolute Gasteiger partial charge is 0.461 e. The smallest absolute Gasteiger partial charge is 0.376 e. The minimum Gasteiger partial charge on any atom is -0.461 e. The third kappa shape index (κ3) is 1.81. The number of aliphatic hydroxyl groups is 1. The molecule has 19 heavy (non-hydrogen) atoms. The van der Waals surface area contributed by atoms with Crippen LogP contribution in [0.2, 0.25) is 0 Å². The predicted octanol–water partition coefficient (Wildman–Crippen LogP) is 2.52. The fourth-order valence-electron chi connectivity index (χ4n) is 5.15. The molecule has 1 N–H and O–H groups in total. The summed E-state index contributed by atoms with van der Waals surface area (Å²) in [5, 5.41) is 10.8. The van der Waals surface area contributed by atoms with Crippen LogP contribution in [0.15, 0.2) is 0 Å². The molecular formula is C14H20F2O3. The molecule has 0 amide bonds. The van der Waals surface area contributed by atoms with Gasteiger partial charge in [0.15, 0.2) is 0 Å². The van der Waals surface area contributed by atoms with Crippen molar-refractivity contribution >= 4 is 5.97 Å². The van der Waals surface area contributed by atoms with E-state index in [1.165, 1.54) is 0 Å². The summed E-state index contributed by atoms with van der Waals surface area (Å²) in [5.41, 5.74) is -1.24. The lowest BCUT2D eigenvalue weighted by Crippen LogP contribution is -2.44. The standard InChI is InChI=1S/C14H20F2O3/c1-11-3-9-4-13(6-11,14(18,5-9)7-11)8-19-10(17)12(2,15)16/h9,18H,3-8H2,1-2H3. The zero-order valence-electron chi connectivity index (χ0n) is 11.3. The molecule has 0 aromatic carbocycles. The van der Waals surface area contributed by atoms with Crippen molar-refractivity contribution in [1.82, 2.24) is 0 Å². The van der Waals surface area contributed by atoms with Crippen molar-refractivity contribution in [2.45, 2.75) is 57.5 Å². The Morgan fingerprint density at radius 1 is 1.37 bits per heavy atom. The Morgan fingerprint density at radius 2 is 2.05 bits per heavy atom. The highest BCUT2D eigenvalue weighted by atomic mass is 19.3. The highest BCUT2D eigenvalue weighted by molar-refractivity contribution is 5.76. The van der Waals surface area contributed by atoms with Gasteiger partial charge in [-0.1, -0.05) is 6.92 Å². The molecule has 0 aromatic rings.